The third kappa shape index (κ3) is 3.18. The topological polar surface area (TPSA) is 41.9 Å². The van der Waals surface area contributed by atoms with Crippen LogP contribution in [0, 0.1) is 6.92 Å². The molecule has 0 aliphatic carbocycles. The number of hydrogen-bond acceptors (Lipinski definition) is 5. The van der Waals surface area contributed by atoms with Crippen molar-refractivity contribution in [3.05, 3.63) is 36.3 Å². The van der Waals surface area contributed by atoms with Gasteiger partial charge in [0.1, 0.15) is 5.82 Å². The van der Waals surface area contributed by atoms with Crippen LogP contribution in [0.25, 0.3) is 11.4 Å². The van der Waals surface area contributed by atoms with Crippen molar-refractivity contribution >= 4 is 17.6 Å². The molecular formula is C16H20N4S. The van der Waals surface area contributed by atoms with Crippen molar-refractivity contribution in [2.45, 2.75) is 25.8 Å². The molecule has 1 fully saturated rings. The predicted octanol–water partition coefficient (Wildman–Crippen LogP) is 3.18. The van der Waals surface area contributed by atoms with Crippen LogP contribution in [-0.4, -0.2) is 39.5 Å². The number of rotatable bonds is 4. The van der Waals surface area contributed by atoms with Gasteiger partial charge in [0.25, 0.3) is 0 Å². The van der Waals surface area contributed by atoms with Crippen molar-refractivity contribution in [2.24, 2.45) is 0 Å². The SMILES string of the molecule is CSCC1CCCN1c1cc(C)nc(-c2cccnc2)n1. The first kappa shape index (κ1) is 14.3. The van der Waals surface area contributed by atoms with E-state index in [-0.39, 0.29) is 0 Å². The summed E-state index contributed by atoms with van der Waals surface area (Å²) in [6.07, 6.45) is 8.27. The third-order valence-electron chi connectivity index (χ3n) is 3.79. The summed E-state index contributed by atoms with van der Waals surface area (Å²) < 4.78 is 0. The van der Waals surface area contributed by atoms with Gasteiger partial charge in [-0.25, -0.2) is 9.97 Å². The lowest BCUT2D eigenvalue weighted by molar-refractivity contribution is 0.736. The Morgan fingerprint density at radius 3 is 3.05 bits per heavy atom. The van der Waals surface area contributed by atoms with Crippen LogP contribution in [0.3, 0.4) is 0 Å². The van der Waals surface area contributed by atoms with Gasteiger partial charge in [0.15, 0.2) is 5.82 Å². The van der Waals surface area contributed by atoms with E-state index >= 15 is 0 Å². The fourth-order valence-electron chi connectivity index (χ4n) is 2.83. The molecule has 2 aromatic heterocycles. The number of nitrogens with zero attached hydrogens (tertiary/aromatic N) is 4. The molecule has 3 rings (SSSR count). The summed E-state index contributed by atoms with van der Waals surface area (Å²) in [4.78, 5) is 15.9. The zero-order valence-corrected chi connectivity index (χ0v) is 13.3. The molecule has 4 nitrogen and oxygen atoms in total. The lowest BCUT2D eigenvalue weighted by atomic mass is 10.2. The molecule has 0 saturated carbocycles. The maximum absolute atomic E-state index is 4.78. The lowest BCUT2D eigenvalue weighted by Crippen LogP contribution is -2.32. The first-order valence-electron chi connectivity index (χ1n) is 7.29. The summed E-state index contributed by atoms with van der Waals surface area (Å²) in [5, 5.41) is 0. The molecule has 1 aliphatic rings. The maximum Gasteiger partial charge on any atom is 0.163 e. The van der Waals surface area contributed by atoms with Crippen LogP contribution in [0.15, 0.2) is 30.6 Å². The quantitative estimate of drug-likeness (QED) is 0.867. The molecule has 1 unspecified atom stereocenters. The lowest BCUT2D eigenvalue weighted by Gasteiger charge is -2.25. The summed E-state index contributed by atoms with van der Waals surface area (Å²) in [7, 11) is 0. The Balaban J connectivity index is 1.94. The largest absolute Gasteiger partial charge is 0.353 e. The summed E-state index contributed by atoms with van der Waals surface area (Å²) >= 11 is 1.91. The molecule has 1 aliphatic heterocycles. The first-order chi connectivity index (χ1) is 10.3. The first-order valence-corrected chi connectivity index (χ1v) is 8.69. The van der Waals surface area contributed by atoms with Crippen LogP contribution in [0.1, 0.15) is 18.5 Å². The van der Waals surface area contributed by atoms with Crippen molar-refractivity contribution in [3.8, 4) is 11.4 Å². The Bertz CT molecular complexity index is 602. The average Bonchev–Trinajstić information content (AvgIpc) is 2.96. The van der Waals surface area contributed by atoms with Gasteiger partial charge in [0.05, 0.1) is 0 Å². The van der Waals surface area contributed by atoms with E-state index in [1.54, 1.807) is 6.20 Å². The number of anilines is 1. The molecule has 1 saturated heterocycles. The van der Waals surface area contributed by atoms with Gasteiger partial charge in [0, 0.05) is 48.1 Å². The number of thioether (sulfide) groups is 1. The molecule has 0 N–H and O–H groups in total. The number of hydrogen-bond donors (Lipinski definition) is 0. The van der Waals surface area contributed by atoms with Crippen LogP contribution >= 0.6 is 11.8 Å². The molecule has 21 heavy (non-hydrogen) atoms. The van der Waals surface area contributed by atoms with E-state index in [1.165, 1.54) is 12.8 Å². The normalized spacial score (nSPS) is 18.2. The van der Waals surface area contributed by atoms with Crippen LogP contribution in [0.2, 0.25) is 0 Å². The molecule has 0 radical (unpaired) electrons. The third-order valence-corrected chi connectivity index (χ3v) is 4.51. The Morgan fingerprint density at radius 2 is 2.29 bits per heavy atom. The van der Waals surface area contributed by atoms with Gasteiger partial charge in [-0.2, -0.15) is 11.8 Å². The van der Waals surface area contributed by atoms with Gasteiger partial charge in [0.2, 0.25) is 0 Å². The maximum atomic E-state index is 4.78. The smallest absolute Gasteiger partial charge is 0.163 e. The Kier molecular flexibility index (Phi) is 4.39. The minimum atomic E-state index is 0.594. The molecule has 5 heteroatoms. The van der Waals surface area contributed by atoms with Gasteiger partial charge < -0.3 is 4.90 Å². The second-order valence-corrected chi connectivity index (χ2v) is 6.29. The van der Waals surface area contributed by atoms with Gasteiger partial charge >= 0.3 is 0 Å². The molecule has 110 valence electrons. The van der Waals surface area contributed by atoms with E-state index in [0.29, 0.717) is 6.04 Å². The van der Waals surface area contributed by atoms with E-state index < -0.39 is 0 Å². The van der Waals surface area contributed by atoms with E-state index in [1.807, 2.05) is 37.0 Å². The van der Waals surface area contributed by atoms with Gasteiger partial charge in [-0.1, -0.05) is 0 Å². The summed E-state index contributed by atoms with van der Waals surface area (Å²) in [6, 6.07) is 6.62. The molecule has 1 atom stereocenters. The summed E-state index contributed by atoms with van der Waals surface area (Å²) in [5.74, 6) is 2.98. The van der Waals surface area contributed by atoms with Crippen molar-refractivity contribution in [2.75, 3.05) is 23.5 Å². The molecule has 0 spiro atoms. The number of pyridine rings is 1. The predicted molar refractivity (Wildman–Crippen MR) is 88.8 cm³/mol. The number of aryl methyl sites for hydroxylation is 1. The highest BCUT2D eigenvalue weighted by Crippen LogP contribution is 2.27. The second kappa shape index (κ2) is 6.43. The molecule has 2 aromatic rings. The molecule has 0 aromatic carbocycles. The molecule has 3 heterocycles. The van der Waals surface area contributed by atoms with Crippen LogP contribution < -0.4 is 4.90 Å². The molecule has 0 amide bonds. The Morgan fingerprint density at radius 1 is 1.38 bits per heavy atom. The van der Waals surface area contributed by atoms with E-state index in [2.05, 4.69) is 27.2 Å². The van der Waals surface area contributed by atoms with Gasteiger partial charge in [-0.05, 0) is 38.2 Å². The molecular weight excluding hydrogens is 280 g/mol. The summed E-state index contributed by atoms with van der Waals surface area (Å²) in [6.45, 7) is 3.12. The zero-order valence-electron chi connectivity index (χ0n) is 12.5. The highest BCUT2D eigenvalue weighted by atomic mass is 32.2. The van der Waals surface area contributed by atoms with Gasteiger partial charge in [-0.3, -0.25) is 4.98 Å². The second-order valence-electron chi connectivity index (χ2n) is 5.38. The van der Waals surface area contributed by atoms with E-state index in [0.717, 1.165) is 35.2 Å². The minimum Gasteiger partial charge on any atom is -0.353 e. The van der Waals surface area contributed by atoms with Crippen LogP contribution in [0.4, 0.5) is 5.82 Å². The Hall–Kier alpha value is -1.62. The minimum absolute atomic E-state index is 0.594. The molecule has 0 bridgehead atoms. The monoisotopic (exact) mass is 300 g/mol. The average molecular weight is 300 g/mol. The highest BCUT2D eigenvalue weighted by molar-refractivity contribution is 7.98. The van der Waals surface area contributed by atoms with Gasteiger partial charge in [-0.15, -0.1) is 0 Å². The fourth-order valence-corrected chi connectivity index (χ4v) is 3.56. The highest BCUT2D eigenvalue weighted by Gasteiger charge is 2.25. The zero-order chi connectivity index (χ0) is 14.7. The van der Waals surface area contributed by atoms with Crippen molar-refractivity contribution < 1.29 is 0 Å². The van der Waals surface area contributed by atoms with E-state index in [9.17, 15) is 0 Å². The summed E-state index contributed by atoms with van der Waals surface area (Å²) in [5.41, 5.74) is 1.98. The van der Waals surface area contributed by atoms with E-state index in [4.69, 9.17) is 4.98 Å². The van der Waals surface area contributed by atoms with Crippen molar-refractivity contribution in [3.63, 3.8) is 0 Å². The van der Waals surface area contributed by atoms with Crippen molar-refractivity contribution in [1.82, 2.24) is 15.0 Å². The number of aromatic nitrogens is 3. The van der Waals surface area contributed by atoms with Crippen LogP contribution in [-0.2, 0) is 0 Å². The Labute approximate surface area is 130 Å². The van der Waals surface area contributed by atoms with Crippen LogP contribution in [0.5, 0.6) is 0 Å². The fraction of sp³-hybridized carbons (Fsp3) is 0.438. The standard InChI is InChI=1S/C16H20N4S/c1-12-9-15(20-8-4-6-14(20)11-21-2)19-16(18-12)13-5-3-7-17-10-13/h3,5,7,9-10,14H,4,6,8,11H2,1-2H3. The van der Waals surface area contributed by atoms with Crippen molar-refractivity contribution in [1.29, 1.82) is 0 Å².